The van der Waals surface area contributed by atoms with Crippen molar-refractivity contribution in [1.29, 1.82) is 0 Å². The second-order valence-corrected chi connectivity index (χ2v) is 6.64. The van der Waals surface area contributed by atoms with Crippen LogP contribution in [0.15, 0.2) is 24.3 Å². The van der Waals surface area contributed by atoms with Gasteiger partial charge in [0.15, 0.2) is 0 Å². The fourth-order valence-electron chi connectivity index (χ4n) is 3.28. The van der Waals surface area contributed by atoms with Gasteiger partial charge in [-0.2, -0.15) is 0 Å². The van der Waals surface area contributed by atoms with Gasteiger partial charge in [0, 0.05) is 12.6 Å². The summed E-state index contributed by atoms with van der Waals surface area (Å²) in [7, 11) is 0. The van der Waals surface area contributed by atoms with Crippen LogP contribution in [0.25, 0.3) is 0 Å². The van der Waals surface area contributed by atoms with Gasteiger partial charge in [-0.15, -0.1) is 0 Å². The third kappa shape index (κ3) is 4.07. The summed E-state index contributed by atoms with van der Waals surface area (Å²) in [6.07, 6.45) is 5.38. The predicted octanol–water partition coefficient (Wildman–Crippen LogP) is 2.53. The molecule has 1 aliphatic carbocycles. The first-order chi connectivity index (χ1) is 10.2. The molecule has 0 bridgehead atoms. The van der Waals surface area contributed by atoms with Gasteiger partial charge in [0.1, 0.15) is 0 Å². The van der Waals surface area contributed by atoms with E-state index in [1.165, 1.54) is 31.2 Å². The molecule has 0 aromatic heterocycles. The van der Waals surface area contributed by atoms with Crippen LogP contribution in [0, 0.1) is 12.8 Å². The van der Waals surface area contributed by atoms with E-state index >= 15 is 0 Å². The maximum atomic E-state index is 12.7. The largest absolute Gasteiger partial charge is 0.339 e. The maximum absolute atomic E-state index is 12.7. The van der Waals surface area contributed by atoms with E-state index in [2.05, 4.69) is 35.3 Å². The second kappa shape index (κ2) is 6.61. The van der Waals surface area contributed by atoms with Crippen LogP contribution in [0.1, 0.15) is 36.8 Å². The molecule has 1 saturated heterocycles. The summed E-state index contributed by atoms with van der Waals surface area (Å²) in [5.74, 6) is 1.01. The normalized spacial score (nSPS) is 19.5. The van der Waals surface area contributed by atoms with Gasteiger partial charge in [0.2, 0.25) is 5.91 Å². The number of aryl methyl sites for hydroxylation is 1. The highest BCUT2D eigenvalue weighted by Crippen LogP contribution is 2.29. The predicted molar refractivity (Wildman–Crippen MR) is 85.2 cm³/mol. The SMILES string of the molecule is Cc1cccc(CC(=O)N(CC2CCNCC2)C2CC2)c1. The van der Waals surface area contributed by atoms with E-state index in [1.807, 2.05) is 6.07 Å². The number of nitrogens with one attached hydrogen (secondary N) is 1. The van der Waals surface area contributed by atoms with Crippen LogP contribution in [-0.4, -0.2) is 36.5 Å². The van der Waals surface area contributed by atoms with Gasteiger partial charge in [0.25, 0.3) is 0 Å². The summed E-state index contributed by atoms with van der Waals surface area (Å²) >= 11 is 0. The van der Waals surface area contributed by atoms with E-state index in [1.54, 1.807) is 0 Å². The summed E-state index contributed by atoms with van der Waals surface area (Å²) in [5.41, 5.74) is 2.38. The van der Waals surface area contributed by atoms with Gasteiger partial charge in [-0.3, -0.25) is 4.79 Å². The molecule has 0 unspecified atom stereocenters. The Balaban J connectivity index is 1.61. The molecular weight excluding hydrogens is 260 g/mol. The molecule has 2 aliphatic rings. The molecule has 2 fully saturated rings. The van der Waals surface area contributed by atoms with Crippen LogP contribution in [0.5, 0.6) is 0 Å². The molecule has 1 aliphatic heterocycles. The zero-order valence-electron chi connectivity index (χ0n) is 13.0. The number of hydrogen-bond donors (Lipinski definition) is 1. The summed E-state index contributed by atoms with van der Waals surface area (Å²) in [5, 5.41) is 3.40. The average molecular weight is 286 g/mol. The Bertz CT molecular complexity index is 490. The lowest BCUT2D eigenvalue weighted by atomic mass is 9.97. The second-order valence-electron chi connectivity index (χ2n) is 6.64. The molecule has 1 saturated carbocycles. The monoisotopic (exact) mass is 286 g/mol. The number of hydrogen-bond acceptors (Lipinski definition) is 2. The zero-order chi connectivity index (χ0) is 14.7. The van der Waals surface area contributed by atoms with Crippen molar-refractivity contribution < 1.29 is 4.79 Å². The van der Waals surface area contributed by atoms with Gasteiger partial charge in [-0.05, 0) is 57.2 Å². The zero-order valence-corrected chi connectivity index (χ0v) is 13.0. The Kier molecular flexibility index (Phi) is 4.59. The number of amides is 1. The number of carbonyl (C=O) groups is 1. The van der Waals surface area contributed by atoms with Crippen LogP contribution >= 0.6 is 0 Å². The Morgan fingerprint density at radius 1 is 1.24 bits per heavy atom. The molecule has 3 nitrogen and oxygen atoms in total. The third-order valence-corrected chi connectivity index (χ3v) is 4.66. The van der Waals surface area contributed by atoms with Crippen LogP contribution in [0.2, 0.25) is 0 Å². The van der Waals surface area contributed by atoms with Gasteiger partial charge < -0.3 is 10.2 Å². The van der Waals surface area contributed by atoms with Crippen LogP contribution < -0.4 is 5.32 Å². The van der Waals surface area contributed by atoms with Crippen molar-refractivity contribution in [3.63, 3.8) is 0 Å². The maximum Gasteiger partial charge on any atom is 0.227 e. The van der Waals surface area contributed by atoms with Crippen LogP contribution in [-0.2, 0) is 11.2 Å². The van der Waals surface area contributed by atoms with Crippen molar-refractivity contribution in [3.8, 4) is 0 Å². The van der Waals surface area contributed by atoms with Gasteiger partial charge in [-0.1, -0.05) is 29.8 Å². The first-order valence-corrected chi connectivity index (χ1v) is 8.28. The Labute approximate surface area is 127 Å². The summed E-state index contributed by atoms with van der Waals surface area (Å²) in [6, 6.07) is 8.86. The highest BCUT2D eigenvalue weighted by atomic mass is 16.2. The number of nitrogens with zero attached hydrogens (tertiary/aromatic N) is 1. The molecule has 1 amide bonds. The number of rotatable bonds is 5. The van der Waals surface area contributed by atoms with Crippen molar-refractivity contribution in [2.75, 3.05) is 19.6 Å². The number of carbonyl (C=O) groups excluding carboxylic acids is 1. The van der Waals surface area contributed by atoms with Crippen molar-refractivity contribution in [2.24, 2.45) is 5.92 Å². The van der Waals surface area contributed by atoms with E-state index in [-0.39, 0.29) is 0 Å². The average Bonchev–Trinajstić information content (AvgIpc) is 3.30. The van der Waals surface area contributed by atoms with E-state index < -0.39 is 0 Å². The highest BCUT2D eigenvalue weighted by molar-refractivity contribution is 5.79. The number of benzene rings is 1. The smallest absolute Gasteiger partial charge is 0.227 e. The molecular formula is C18H26N2O. The van der Waals surface area contributed by atoms with E-state index in [9.17, 15) is 4.79 Å². The summed E-state index contributed by atoms with van der Waals surface area (Å²) < 4.78 is 0. The van der Waals surface area contributed by atoms with Crippen molar-refractivity contribution in [1.82, 2.24) is 10.2 Å². The lowest BCUT2D eigenvalue weighted by Gasteiger charge is -2.30. The number of piperidine rings is 1. The van der Waals surface area contributed by atoms with Crippen molar-refractivity contribution >= 4 is 5.91 Å². The molecule has 1 aromatic rings. The molecule has 21 heavy (non-hydrogen) atoms. The fourth-order valence-corrected chi connectivity index (χ4v) is 3.28. The molecule has 1 heterocycles. The third-order valence-electron chi connectivity index (χ3n) is 4.66. The Morgan fingerprint density at radius 2 is 2.00 bits per heavy atom. The van der Waals surface area contributed by atoms with Crippen molar-refractivity contribution in [2.45, 2.75) is 45.1 Å². The molecule has 0 spiro atoms. The summed E-state index contributed by atoms with van der Waals surface area (Å²) in [6.45, 7) is 5.27. The van der Waals surface area contributed by atoms with E-state index in [0.29, 0.717) is 24.3 Å². The Morgan fingerprint density at radius 3 is 2.67 bits per heavy atom. The van der Waals surface area contributed by atoms with Gasteiger partial charge in [-0.25, -0.2) is 0 Å². The molecule has 3 heteroatoms. The minimum Gasteiger partial charge on any atom is -0.339 e. The van der Waals surface area contributed by atoms with Gasteiger partial charge in [0.05, 0.1) is 6.42 Å². The topological polar surface area (TPSA) is 32.3 Å². The van der Waals surface area contributed by atoms with Crippen LogP contribution in [0.4, 0.5) is 0 Å². The minimum absolute atomic E-state index is 0.321. The molecule has 114 valence electrons. The van der Waals surface area contributed by atoms with E-state index in [4.69, 9.17) is 0 Å². The highest BCUT2D eigenvalue weighted by Gasteiger charge is 2.34. The molecule has 0 atom stereocenters. The van der Waals surface area contributed by atoms with Crippen molar-refractivity contribution in [3.05, 3.63) is 35.4 Å². The first kappa shape index (κ1) is 14.6. The molecule has 3 rings (SSSR count). The molecule has 0 radical (unpaired) electrons. The standard InChI is InChI=1S/C18H26N2O/c1-14-3-2-4-16(11-14)12-18(21)20(17-5-6-17)13-15-7-9-19-10-8-15/h2-4,11,15,17,19H,5-10,12-13H2,1H3. The lowest BCUT2D eigenvalue weighted by molar-refractivity contribution is -0.131. The quantitative estimate of drug-likeness (QED) is 0.902. The first-order valence-electron chi connectivity index (χ1n) is 8.28. The summed E-state index contributed by atoms with van der Waals surface area (Å²) in [4.78, 5) is 14.9. The lowest BCUT2D eigenvalue weighted by Crippen LogP contribution is -2.41. The molecule has 1 aromatic carbocycles. The Hall–Kier alpha value is -1.35. The van der Waals surface area contributed by atoms with E-state index in [0.717, 1.165) is 25.2 Å². The fraction of sp³-hybridized carbons (Fsp3) is 0.611. The van der Waals surface area contributed by atoms with Crippen LogP contribution in [0.3, 0.4) is 0 Å². The molecule has 1 N–H and O–H groups in total. The van der Waals surface area contributed by atoms with Gasteiger partial charge >= 0.3 is 0 Å². The minimum atomic E-state index is 0.321.